The van der Waals surface area contributed by atoms with Crippen molar-refractivity contribution >= 4 is 35.2 Å². The molecule has 6 unspecified atom stereocenters. The van der Waals surface area contributed by atoms with Crippen LogP contribution in [0.25, 0.3) is 0 Å². The number of ketones is 2. The van der Waals surface area contributed by atoms with Gasteiger partial charge in [-0.3, -0.25) is 29.1 Å². The van der Waals surface area contributed by atoms with Crippen molar-refractivity contribution in [3.8, 4) is 17.2 Å². The fourth-order valence-corrected chi connectivity index (χ4v) is 8.22. The van der Waals surface area contributed by atoms with Crippen molar-refractivity contribution in [1.29, 1.82) is 0 Å². The zero-order valence-corrected chi connectivity index (χ0v) is 33.8. The molecule has 6 atom stereocenters. The van der Waals surface area contributed by atoms with Crippen LogP contribution in [0.4, 0.5) is 5.82 Å². The molecule has 19 heteroatoms. The number of guanidine groups is 1. The fourth-order valence-electron chi connectivity index (χ4n) is 8.22. The second kappa shape index (κ2) is 18.3. The molecule has 2 amide bonds. The van der Waals surface area contributed by atoms with Crippen molar-refractivity contribution in [3.63, 3.8) is 0 Å². The second-order valence-electron chi connectivity index (χ2n) is 15.0. The molecule has 11 N–H and O–H groups in total. The summed E-state index contributed by atoms with van der Waals surface area (Å²) in [6.45, 7) is 0.367. The van der Waals surface area contributed by atoms with Crippen molar-refractivity contribution in [1.82, 2.24) is 15.2 Å². The molecule has 3 aromatic rings. The Labute approximate surface area is 350 Å². The van der Waals surface area contributed by atoms with Gasteiger partial charge in [0.05, 0.1) is 24.8 Å². The molecule has 0 radical (unpaired) electrons. The third-order valence-corrected chi connectivity index (χ3v) is 11.4. The topological polar surface area (TPSA) is 310 Å². The number of aliphatic imine (C=N–C) groups is 1. The summed E-state index contributed by atoms with van der Waals surface area (Å²) in [7, 11) is 2.80. The molecule has 326 valence electrons. The van der Waals surface area contributed by atoms with Crippen LogP contribution in [0, 0.1) is 0 Å². The number of rotatable bonds is 16. The van der Waals surface area contributed by atoms with Crippen molar-refractivity contribution in [2.24, 2.45) is 10.7 Å². The number of hydrogen-bond acceptors (Lipinski definition) is 16. The first-order valence-electron chi connectivity index (χ1n) is 19.7. The van der Waals surface area contributed by atoms with E-state index in [1.165, 1.54) is 44.6 Å². The number of aromatic hydroxyl groups is 1. The van der Waals surface area contributed by atoms with Gasteiger partial charge in [-0.1, -0.05) is 6.92 Å². The highest BCUT2D eigenvalue weighted by atomic mass is 16.7. The third-order valence-electron chi connectivity index (χ3n) is 11.4. The summed E-state index contributed by atoms with van der Waals surface area (Å²) < 4.78 is 17.7. The van der Waals surface area contributed by atoms with E-state index in [2.05, 4.69) is 15.3 Å². The number of carbonyl (C=O) groups is 4. The molecule has 2 aromatic carbocycles. The van der Waals surface area contributed by atoms with E-state index in [9.17, 15) is 49.8 Å². The van der Waals surface area contributed by atoms with Crippen LogP contribution in [-0.2, 0) is 33.7 Å². The van der Waals surface area contributed by atoms with Gasteiger partial charge in [-0.25, -0.2) is 4.98 Å². The van der Waals surface area contributed by atoms with Crippen LogP contribution >= 0.6 is 0 Å². The number of aliphatic hydroxyl groups is 5. The number of nitrogens with one attached hydrogen (secondary N) is 1. The quantitative estimate of drug-likeness (QED) is 0.0303. The lowest BCUT2D eigenvalue weighted by Crippen LogP contribution is -2.68. The Morgan fingerprint density at radius 3 is 2.38 bits per heavy atom. The Balaban J connectivity index is 1.39. The number of benzene rings is 2. The lowest BCUT2D eigenvalue weighted by molar-refractivity contribution is -0.315. The molecular weight excluding hydrogens is 796 g/mol. The summed E-state index contributed by atoms with van der Waals surface area (Å²) in [5.41, 5.74) is 10.1. The molecule has 3 aliphatic rings. The van der Waals surface area contributed by atoms with E-state index in [-0.39, 0.29) is 77.2 Å². The Morgan fingerprint density at radius 2 is 1.75 bits per heavy atom. The van der Waals surface area contributed by atoms with Gasteiger partial charge in [0.15, 0.2) is 11.7 Å². The van der Waals surface area contributed by atoms with Gasteiger partial charge in [0, 0.05) is 79.3 Å². The van der Waals surface area contributed by atoms with E-state index in [0.29, 0.717) is 36.0 Å². The lowest BCUT2D eigenvalue weighted by atomic mass is 9.75. The number of methoxy groups -OCH3 is 1. The Kier molecular flexibility index (Phi) is 13.4. The number of ether oxygens (including phenoxy) is 3. The molecule has 1 aromatic heterocycles. The average molecular weight is 847 g/mol. The van der Waals surface area contributed by atoms with Gasteiger partial charge >= 0.3 is 0 Å². The number of aromatic nitrogens is 1. The number of nitrogens with two attached hydrogens (primary N) is 2. The number of hydrogen-bond donors (Lipinski definition) is 9. The van der Waals surface area contributed by atoms with E-state index in [4.69, 9.17) is 25.7 Å². The average Bonchev–Trinajstić information content (AvgIpc) is 3.56. The first kappa shape index (κ1) is 44.6. The van der Waals surface area contributed by atoms with Gasteiger partial charge in [-0.2, -0.15) is 0 Å². The Morgan fingerprint density at radius 1 is 1.03 bits per heavy atom. The number of unbranched alkanes of at least 4 members (excludes halogenated alkanes) is 1. The van der Waals surface area contributed by atoms with Crippen LogP contribution in [-0.4, -0.2) is 134 Å². The van der Waals surface area contributed by atoms with Gasteiger partial charge in [0.25, 0.3) is 11.8 Å². The molecule has 2 aliphatic heterocycles. The zero-order chi connectivity index (χ0) is 44.3. The molecule has 1 fully saturated rings. The summed E-state index contributed by atoms with van der Waals surface area (Å²) in [6, 6.07) is 5.82. The number of aryl methyl sites for hydroxylation is 1. The molecule has 61 heavy (non-hydrogen) atoms. The monoisotopic (exact) mass is 846 g/mol. The number of nitrogen functional groups attached to an aromatic ring is 1. The third kappa shape index (κ3) is 8.39. The number of fused-ring (bicyclic) bond motifs is 2. The van der Waals surface area contributed by atoms with Gasteiger partial charge in [-0.05, 0) is 61.4 Å². The van der Waals surface area contributed by atoms with Crippen LogP contribution in [0.5, 0.6) is 17.2 Å². The molecule has 0 saturated carbocycles. The van der Waals surface area contributed by atoms with E-state index < -0.39 is 78.3 Å². The van der Waals surface area contributed by atoms with Crippen LogP contribution in [0.3, 0.4) is 0 Å². The molecular formula is C42H50N6O13. The van der Waals surface area contributed by atoms with E-state index in [1.54, 1.807) is 6.92 Å². The number of carbonyl (C=O) groups excluding carboxylic acids is 4. The van der Waals surface area contributed by atoms with E-state index in [1.807, 2.05) is 0 Å². The summed E-state index contributed by atoms with van der Waals surface area (Å²) in [6.07, 6.45) is -3.24. The maximum atomic E-state index is 14.7. The molecule has 6 rings (SSSR count). The predicted octanol–water partition coefficient (Wildman–Crippen LogP) is -0.287. The predicted molar refractivity (Wildman–Crippen MR) is 217 cm³/mol. The van der Waals surface area contributed by atoms with Crippen molar-refractivity contribution < 1.29 is 64.0 Å². The van der Waals surface area contributed by atoms with Crippen LogP contribution in [0.15, 0.2) is 47.6 Å². The molecule has 1 saturated heterocycles. The number of aliphatic hydroxyl groups excluding tert-OH is 4. The molecule has 3 heterocycles. The van der Waals surface area contributed by atoms with Crippen molar-refractivity contribution in [3.05, 3.63) is 87.1 Å². The van der Waals surface area contributed by atoms with Crippen LogP contribution in [0.1, 0.15) is 86.2 Å². The minimum atomic E-state index is -2.46. The van der Waals surface area contributed by atoms with Crippen molar-refractivity contribution in [2.75, 3.05) is 39.6 Å². The number of amides is 2. The maximum Gasteiger partial charge on any atom is 0.253 e. The highest BCUT2D eigenvalue weighted by molar-refractivity contribution is 6.31. The summed E-state index contributed by atoms with van der Waals surface area (Å²) in [5, 5.41) is 70.2. The minimum absolute atomic E-state index is 0.0505. The summed E-state index contributed by atoms with van der Waals surface area (Å²) in [4.78, 5) is 63.2. The molecule has 1 aliphatic carbocycles. The number of phenolic OH excluding ortho intramolecular Hbond substituents is 1. The van der Waals surface area contributed by atoms with Gasteiger partial charge in [0.2, 0.25) is 12.1 Å². The van der Waals surface area contributed by atoms with Gasteiger partial charge in [0.1, 0.15) is 47.0 Å². The summed E-state index contributed by atoms with van der Waals surface area (Å²) >= 11 is 0. The maximum absolute atomic E-state index is 14.7. The number of phenols is 1. The molecule has 19 nitrogen and oxygen atoms in total. The number of nitrogens with zero attached hydrogens (tertiary/aromatic N) is 3. The molecule has 0 bridgehead atoms. The number of anilines is 1. The number of imide groups is 1. The molecule has 0 spiro atoms. The van der Waals surface area contributed by atoms with Crippen LogP contribution < -0.4 is 26.3 Å². The smallest absolute Gasteiger partial charge is 0.253 e. The van der Waals surface area contributed by atoms with Gasteiger partial charge < -0.3 is 61.6 Å². The first-order valence-corrected chi connectivity index (χ1v) is 19.7. The van der Waals surface area contributed by atoms with E-state index >= 15 is 0 Å². The van der Waals surface area contributed by atoms with Gasteiger partial charge in [-0.15, -0.1) is 0 Å². The minimum Gasteiger partial charge on any atom is -0.507 e. The van der Waals surface area contributed by atoms with E-state index in [0.717, 1.165) is 17.1 Å². The SMILES string of the molecule is CCc1c(OC)cc(OC2OC(CO)C(O)(CC(CN3C(=O)C=CC3=O)c3ccnc(N)c3)C(O)C2O)c2c1C(=O)c1cc(CCCCO)c(CNC(N)=NC)c(O)c1C2=O. The van der Waals surface area contributed by atoms with Crippen molar-refractivity contribution in [2.45, 2.75) is 81.7 Å². The lowest BCUT2D eigenvalue weighted by Gasteiger charge is -2.49. The van der Waals surface area contributed by atoms with Crippen LogP contribution in [0.2, 0.25) is 0 Å². The Bertz CT molecular complexity index is 2260. The number of pyridine rings is 1. The normalized spacial score (nSPS) is 23.0. The highest BCUT2D eigenvalue weighted by Crippen LogP contribution is 2.46. The second-order valence-corrected chi connectivity index (χ2v) is 15.0. The largest absolute Gasteiger partial charge is 0.507 e. The Hall–Kier alpha value is -5.96. The zero-order valence-electron chi connectivity index (χ0n) is 33.8. The first-order chi connectivity index (χ1) is 29.1. The summed E-state index contributed by atoms with van der Waals surface area (Å²) in [5.74, 6) is -4.21. The fraction of sp³-hybridized carbons (Fsp3) is 0.429. The standard InChI is InChI=1S/C42H50N6O13/c1-4-23-26(59-3)15-27(34-32(23)35(53)24-13-21(7-5-6-12-49)25(17-47-41(44)45-2)36(54)33(24)37(34)55)60-40-38(56)39(57)42(58,28(19-50)61-40)16-22(20-10-11-46-29(43)14-20)18-48-30(51)8-9-31(48)52/h8-11,13-15,22,28,38-40,49-50,54,56-58H,4-7,12,16-19H2,1-3H3,(H2,43,46)(H3,44,45,47). The highest BCUT2D eigenvalue weighted by Gasteiger charge is 2.57.